The number of hydrogen-bond acceptors (Lipinski definition) is 8. The summed E-state index contributed by atoms with van der Waals surface area (Å²) in [7, 11) is 0. The first-order chi connectivity index (χ1) is 19.0. The van der Waals surface area contributed by atoms with Crippen LogP contribution in [0.2, 0.25) is 0 Å². The van der Waals surface area contributed by atoms with Crippen molar-refractivity contribution in [1.82, 2.24) is 24.8 Å². The zero-order valence-corrected chi connectivity index (χ0v) is 21.2. The lowest BCUT2D eigenvalue weighted by Crippen LogP contribution is -2.36. The number of urea groups is 1. The highest BCUT2D eigenvalue weighted by atomic mass is 16.8. The monoisotopic (exact) mass is 534 g/mol. The van der Waals surface area contributed by atoms with E-state index in [2.05, 4.69) is 25.6 Å². The Kier molecular flexibility index (Phi) is 7.22. The van der Waals surface area contributed by atoms with Gasteiger partial charge in [0.05, 0.1) is 12.4 Å². The van der Waals surface area contributed by atoms with Gasteiger partial charge in [0.15, 0.2) is 29.5 Å². The van der Waals surface area contributed by atoms with E-state index in [4.69, 9.17) is 14.2 Å². The van der Waals surface area contributed by atoms with Gasteiger partial charge < -0.3 is 24.6 Å². The molecule has 12 nitrogen and oxygen atoms in total. The second kappa shape index (κ2) is 11.1. The molecule has 2 saturated heterocycles. The molecule has 1 aliphatic carbocycles. The van der Waals surface area contributed by atoms with E-state index < -0.39 is 36.8 Å². The van der Waals surface area contributed by atoms with Crippen LogP contribution in [0.25, 0.3) is 17.2 Å². The van der Waals surface area contributed by atoms with Crippen molar-refractivity contribution in [2.45, 2.75) is 75.4 Å². The third-order valence-corrected chi connectivity index (χ3v) is 7.31. The largest absolute Gasteiger partial charge is 0.481 e. The number of aromatic nitrogens is 4. The van der Waals surface area contributed by atoms with E-state index in [1.54, 1.807) is 10.9 Å². The summed E-state index contributed by atoms with van der Waals surface area (Å²) in [5.74, 6) is -0.621. The minimum atomic E-state index is -0.912. The van der Waals surface area contributed by atoms with Crippen LogP contribution in [0.4, 0.5) is 10.6 Å². The van der Waals surface area contributed by atoms with Crippen molar-refractivity contribution < 1.29 is 28.9 Å². The van der Waals surface area contributed by atoms with Crippen molar-refractivity contribution in [3.8, 4) is 0 Å². The number of carbonyl (C=O) groups excluding carboxylic acids is 1. The summed E-state index contributed by atoms with van der Waals surface area (Å²) in [5.41, 5.74) is 1.87. The topological polar surface area (TPSA) is 150 Å². The van der Waals surface area contributed by atoms with E-state index in [1.807, 2.05) is 42.5 Å². The van der Waals surface area contributed by atoms with E-state index in [0.29, 0.717) is 17.0 Å². The van der Waals surface area contributed by atoms with E-state index in [0.717, 1.165) is 31.2 Å². The Balaban J connectivity index is 1.23. The molecule has 3 N–H and O–H groups in total. The summed E-state index contributed by atoms with van der Waals surface area (Å²) in [6, 6.07) is 9.63. The van der Waals surface area contributed by atoms with Gasteiger partial charge in [-0.2, -0.15) is 0 Å². The Morgan fingerprint density at radius 1 is 1.05 bits per heavy atom. The Labute approximate surface area is 224 Å². The molecule has 1 saturated carbocycles. The number of nitrogens with one attached hydrogen (secondary N) is 2. The number of benzene rings is 1. The van der Waals surface area contributed by atoms with Crippen molar-refractivity contribution in [2.24, 2.45) is 0 Å². The summed E-state index contributed by atoms with van der Waals surface area (Å²) in [4.78, 5) is 36.9. The van der Waals surface area contributed by atoms with Crippen LogP contribution >= 0.6 is 0 Å². The highest BCUT2D eigenvalue weighted by Gasteiger charge is 2.53. The maximum absolute atomic E-state index is 12.6. The number of carboxylic acid groups (broad SMARTS) is 1. The number of anilines is 1. The molecule has 5 atom stereocenters. The van der Waals surface area contributed by atoms with E-state index >= 15 is 0 Å². The van der Waals surface area contributed by atoms with Gasteiger partial charge in [0.1, 0.15) is 18.5 Å². The number of fused-ring (bicyclic) bond motifs is 2. The second-order valence-corrected chi connectivity index (χ2v) is 9.96. The summed E-state index contributed by atoms with van der Waals surface area (Å²) in [6.45, 7) is 0. The Morgan fingerprint density at radius 3 is 2.64 bits per heavy atom. The average Bonchev–Trinajstić information content (AvgIpc) is 3.72. The second-order valence-electron chi connectivity index (χ2n) is 9.96. The van der Waals surface area contributed by atoms with Gasteiger partial charge in [-0.25, -0.2) is 19.7 Å². The Bertz CT molecular complexity index is 1360. The van der Waals surface area contributed by atoms with Crippen molar-refractivity contribution in [1.29, 1.82) is 0 Å². The van der Waals surface area contributed by atoms with Gasteiger partial charge >= 0.3 is 12.0 Å². The smallest absolute Gasteiger partial charge is 0.320 e. The first kappa shape index (κ1) is 25.4. The Hall–Kier alpha value is -3.87. The maximum Gasteiger partial charge on any atom is 0.320 e. The van der Waals surface area contributed by atoms with Crippen LogP contribution in [-0.4, -0.2) is 67.3 Å². The molecule has 2 amide bonds. The lowest BCUT2D eigenvalue weighted by Gasteiger charge is -2.20. The van der Waals surface area contributed by atoms with Crippen LogP contribution in [0.15, 0.2) is 49.1 Å². The van der Waals surface area contributed by atoms with Gasteiger partial charge in [-0.15, -0.1) is 0 Å². The molecule has 1 aromatic carbocycles. The number of ether oxygens (including phenoxy) is 3. The molecule has 1 unspecified atom stereocenters. The fourth-order valence-electron chi connectivity index (χ4n) is 5.45. The summed E-state index contributed by atoms with van der Waals surface area (Å²) >= 11 is 0. The molecule has 6 rings (SSSR count). The number of carboxylic acids is 1. The predicted octanol–water partition coefficient (Wildman–Crippen LogP) is 3.48. The van der Waals surface area contributed by atoms with Crippen LogP contribution in [0.5, 0.6) is 0 Å². The molecule has 3 fully saturated rings. The lowest BCUT2D eigenvalue weighted by molar-refractivity contribution is -0.141. The fraction of sp³-hybridized carbons (Fsp3) is 0.444. The van der Waals surface area contributed by atoms with Gasteiger partial charge in [-0.05, 0) is 30.9 Å². The molecule has 204 valence electrons. The molecule has 12 heteroatoms. The summed E-state index contributed by atoms with van der Waals surface area (Å²) < 4.78 is 20.4. The minimum absolute atomic E-state index is 0.0640. The highest BCUT2D eigenvalue weighted by Crippen LogP contribution is 2.42. The molecule has 4 heterocycles. The van der Waals surface area contributed by atoms with Crippen molar-refractivity contribution >= 4 is 35.1 Å². The normalized spacial score (nSPS) is 26.8. The van der Waals surface area contributed by atoms with Crippen molar-refractivity contribution in [2.75, 3.05) is 5.32 Å². The van der Waals surface area contributed by atoms with E-state index in [-0.39, 0.29) is 24.9 Å². The molecular formula is C27H30N6O6. The molecular weight excluding hydrogens is 504 g/mol. The summed E-state index contributed by atoms with van der Waals surface area (Å²) in [6.07, 6.45) is 8.24. The van der Waals surface area contributed by atoms with Crippen LogP contribution in [-0.2, 0) is 19.0 Å². The number of aliphatic carboxylic acids is 1. The molecule has 0 spiro atoms. The van der Waals surface area contributed by atoms with Gasteiger partial charge in [-0.3, -0.25) is 14.7 Å². The number of carbonyl (C=O) groups is 2. The van der Waals surface area contributed by atoms with E-state index in [1.165, 1.54) is 6.33 Å². The molecule has 0 bridgehead atoms. The van der Waals surface area contributed by atoms with Crippen molar-refractivity contribution in [3.05, 3.63) is 54.6 Å². The number of imidazole rings is 1. The SMILES string of the molecule is O=C(O)CC[C@H]1O[C@@H](n2cnc3c(NC(=O)NC4CCCC4)ncnc32)[C@H]2O[C@H](/C=C/c3ccccc3)OC12. The average molecular weight is 535 g/mol. The minimum Gasteiger partial charge on any atom is -0.481 e. The Morgan fingerprint density at radius 2 is 1.85 bits per heavy atom. The highest BCUT2D eigenvalue weighted by molar-refractivity contribution is 5.96. The molecule has 39 heavy (non-hydrogen) atoms. The van der Waals surface area contributed by atoms with Gasteiger partial charge in [0.25, 0.3) is 0 Å². The fourth-order valence-corrected chi connectivity index (χ4v) is 5.45. The molecule has 0 radical (unpaired) electrons. The first-order valence-electron chi connectivity index (χ1n) is 13.2. The van der Waals surface area contributed by atoms with Crippen LogP contribution < -0.4 is 10.6 Å². The van der Waals surface area contributed by atoms with Gasteiger partial charge in [0, 0.05) is 12.5 Å². The number of nitrogens with zero attached hydrogens (tertiary/aromatic N) is 4. The van der Waals surface area contributed by atoms with Gasteiger partial charge in [-0.1, -0.05) is 49.2 Å². The zero-order valence-electron chi connectivity index (χ0n) is 21.2. The standard InChI is InChI=1S/C27H30N6O6/c34-19(35)12-11-18-22-23(39-20(38-22)13-10-16-6-2-1-3-7-16)26(37-18)33-15-30-21-24(28-14-29-25(21)33)32-27(36)31-17-8-4-5-9-17/h1-3,6-7,10,13-15,17-18,20,22-23,26H,4-5,8-9,11-12H2,(H,34,35)(H2,28,29,31,32,36)/b13-10+/t18-,20-,22?,23+,26-/m1/s1. The van der Waals surface area contributed by atoms with Crippen molar-refractivity contribution in [3.63, 3.8) is 0 Å². The molecule has 2 aliphatic heterocycles. The molecule has 2 aromatic heterocycles. The number of hydrogen-bond donors (Lipinski definition) is 3. The van der Waals surface area contributed by atoms with Gasteiger partial charge in [0.2, 0.25) is 0 Å². The lowest BCUT2D eigenvalue weighted by atomic mass is 10.1. The summed E-state index contributed by atoms with van der Waals surface area (Å²) in [5, 5.41) is 15.0. The quantitative estimate of drug-likeness (QED) is 0.395. The van der Waals surface area contributed by atoms with Crippen LogP contribution in [0.3, 0.4) is 0 Å². The zero-order chi connectivity index (χ0) is 26.8. The third kappa shape index (κ3) is 5.49. The number of amides is 2. The first-order valence-corrected chi connectivity index (χ1v) is 13.2. The number of rotatable bonds is 8. The maximum atomic E-state index is 12.6. The predicted molar refractivity (Wildman–Crippen MR) is 140 cm³/mol. The van der Waals surface area contributed by atoms with Crippen LogP contribution in [0, 0.1) is 0 Å². The van der Waals surface area contributed by atoms with E-state index in [9.17, 15) is 14.7 Å². The van der Waals surface area contributed by atoms with Crippen LogP contribution in [0.1, 0.15) is 50.3 Å². The molecule has 3 aromatic rings. The third-order valence-electron chi connectivity index (χ3n) is 7.31. The molecule has 3 aliphatic rings.